The maximum Gasteiger partial charge on any atom is 0.408 e. The third kappa shape index (κ3) is 3.68. The zero-order valence-corrected chi connectivity index (χ0v) is 14.8. The van der Waals surface area contributed by atoms with Crippen molar-refractivity contribution in [1.29, 1.82) is 0 Å². The molecule has 6 heteroatoms. The Bertz CT molecular complexity index is 833. The van der Waals surface area contributed by atoms with Gasteiger partial charge in [-0.3, -0.25) is 4.79 Å². The van der Waals surface area contributed by atoms with Crippen molar-refractivity contribution in [2.75, 3.05) is 6.54 Å². The van der Waals surface area contributed by atoms with Crippen molar-refractivity contribution >= 4 is 23.6 Å². The van der Waals surface area contributed by atoms with E-state index in [1.165, 1.54) is 18.4 Å². The first-order valence-electron chi connectivity index (χ1n) is 8.70. The summed E-state index contributed by atoms with van der Waals surface area (Å²) in [5, 5.41) is 6.16. The van der Waals surface area contributed by atoms with Gasteiger partial charge in [0.25, 0.3) is 5.91 Å². The lowest BCUT2D eigenvalue weighted by Crippen LogP contribution is -2.39. The molecule has 2 N–H and O–H groups in total. The van der Waals surface area contributed by atoms with Gasteiger partial charge in [-0.2, -0.15) is 0 Å². The number of halogens is 1. The summed E-state index contributed by atoms with van der Waals surface area (Å²) in [4.78, 5) is 23.8. The second kappa shape index (κ2) is 7.00. The molecule has 1 aliphatic carbocycles. The van der Waals surface area contributed by atoms with Gasteiger partial charge in [-0.1, -0.05) is 48.0 Å². The van der Waals surface area contributed by atoms with E-state index in [0.717, 1.165) is 11.1 Å². The van der Waals surface area contributed by atoms with Gasteiger partial charge in [0.05, 0.1) is 12.6 Å². The molecule has 1 aliphatic heterocycles. The SMILES string of the molecule is O=C1NC[C@@H](C(=O)N[C@@H](c2ccc(Cl)cc2)c2cccc(C3CC3)c2)O1. The van der Waals surface area contributed by atoms with Crippen molar-refractivity contribution < 1.29 is 14.3 Å². The van der Waals surface area contributed by atoms with Crippen LogP contribution in [-0.4, -0.2) is 24.6 Å². The Balaban J connectivity index is 1.63. The van der Waals surface area contributed by atoms with Crippen LogP contribution < -0.4 is 10.6 Å². The van der Waals surface area contributed by atoms with Crippen molar-refractivity contribution in [2.24, 2.45) is 0 Å². The van der Waals surface area contributed by atoms with Crippen molar-refractivity contribution in [2.45, 2.75) is 30.9 Å². The number of cyclic esters (lactones) is 1. The first-order valence-corrected chi connectivity index (χ1v) is 9.08. The Morgan fingerprint density at radius 3 is 2.58 bits per heavy atom. The van der Waals surface area contributed by atoms with Crippen molar-refractivity contribution in [3.8, 4) is 0 Å². The van der Waals surface area contributed by atoms with Gasteiger partial charge < -0.3 is 15.4 Å². The number of benzene rings is 2. The molecule has 0 unspecified atom stereocenters. The molecule has 2 aromatic carbocycles. The van der Waals surface area contributed by atoms with Gasteiger partial charge >= 0.3 is 6.09 Å². The minimum absolute atomic E-state index is 0.181. The lowest BCUT2D eigenvalue weighted by atomic mass is 9.95. The Morgan fingerprint density at radius 1 is 1.15 bits per heavy atom. The molecule has 2 aromatic rings. The minimum atomic E-state index is -0.816. The lowest BCUT2D eigenvalue weighted by Gasteiger charge is -2.22. The van der Waals surface area contributed by atoms with Gasteiger partial charge in [-0.15, -0.1) is 0 Å². The second-order valence-electron chi connectivity index (χ2n) is 6.71. The molecule has 134 valence electrons. The number of rotatable bonds is 5. The van der Waals surface area contributed by atoms with Gasteiger partial charge in [0.15, 0.2) is 6.10 Å². The van der Waals surface area contributed by atoms with Crippen LogP contribution in [-0.2, 0) is 9.53 Å². The number of nitrogens with one attached hydrogen (secondary N) is 2. The van der Waals surface area contributed by atoms with Crippen molar-refractivity contribution in [3.63, 3.8) is 0 Å². The second-order valence-corrected chi connectivity index (χ2v) is 7.15. The van der Waals surface area contributed by atoms with Crippen LogP contribution in [0.25, 0.3) is 0 Å². The monoisotopic (exact) mass is 370 g/mol. The summed E-state index contributed by atoms with van der Waals surface area (Å²) >= 11 is 6.01. The van der Waals surface area contributed by atoms with Crippen LogP contribution in [0.4, 0.5) is 4.79 Å². The average molecular weight is 371 g/mol. The minimum Gasteiger partial charge on any atom is -0.434 e. The highest BCUT2D eigenvalue weighted by atomic mass is 35.5. The van der Waals surface area contributed by atoms with E-state index >= 15 is 0 Å². The standard InChI is InChI=1S/C20H19ClN2O3/c21-16-8-6-13(7-9-16)18(23-19(24)17-11-22-20(25)26-17)15-3-1-2-14(10-15)12-4-5-12/h1-3,6-10,12,17-18H,4-5,11H2,(H,22,25)(H,23,24)/t17-,18-/m0/s1. The summed E-state index contributed by atoms with van der Waals surface area (Å²) in [5.41, 5.74) is 3.22. The molecule has 2 aliphatic rings. The molecule has 1 saturated carbocycles. The highest BCUT2D eigenvalue weighted by Gasteiger charge is 2.32. The van der Waals surface area contributed by atoms with Gasteiger partial charge in [-0.05, 0) is 47.6 Å². The third-order valence-corrected chi connectivity index (χ3v) is 5.01. The predicted octanol–water partition coefficient (Wildman–Crippen LogP) is 3.53. The fourth-order valence-electron chi connectivity index (χ4n) is 3.19. The van der Waals surface area contributed by atoms with E-state index in [1.54, 1.807) is 12.1 Å². The number of hydrogen-bond acceptors (Lipinski definition) is 3. The lowest BCUT2D eigenvalue weighted by molar-refractivity contribution is -0.128. The molecule has 0 spiro atoms. The predicted molar refractivity (Wildman–Crippen MR) is 98.1 cm³/mol. The highest BCUT2D eigenvalue weighted by Crippen LogP contribution is 2.41. The average Bonchev–Trinajstić information content (AvgIpc) is 3.41. The van der Waals surface area contributed by atoms with E-state index in [9.17, 15) is 9.59 Å². The summed E-state index contributed by atoms with van der Waals surface area (Å²) in [6.45, 7) is 0.181. The molecule has 0 radical (unpaired) electrons. The van der Waals surface area contributed by atoms with Crippen LogP contribution in [0.15, 0.2) is 48.5 Å². The summed E-state index contributed by atoms with van der Waals surface area (Å²) in [6.07, 6.45) is 1.05. The van der Waals surface area contributed by atoms with E-state index in [2.05, 4.69) is 22.8 Å². The molecular formula is C20H19ClN2O3. The van der Waals surface area contributed by atoms with Gasteiger partial charge in [0.1, 0.15) is 0 Å². The quantitative estimate of drug-likeness (QED) is 0.846. The van der Waals surface area contributed by atoms with Gasteiger partial charge in [0.2, 0.25) is 0 Å². The maximum atomic E-state index is 12.6. The Kier molecular flexibility index (Phi) is 4.55. The maximum absolute atomic E-state index is 12.6. The molecule has 0 bridgehead atoms. The topological polar surface area (TPSA) is 67.4 Å². The van der Waals surface area contributed by atoms with E-state index in [0.29, 0.717) is 10.9 Å². The highest BCUT2D eigenvalue weighted by molar-refractivity contribution is 6.30. The zero-order valence-electron chi connectivity index (χ0n) is 14.1. The molecule has 2 fully saturated rings. The van der Waals surface area contributed by atoms with E-state index in [-0.39, 0.29) is 18.5 Å². The molecule has 0 aromatic heterocycles. The van der Waals surface area contributed by atoms with E-state index < -0.39 is 12.2 Å². The summed E-state index contributed by atoms with van der Waals surface area (Å²) in [6, 6.07) is 15.4. The third-order valence-electron chi connectivity index (χ3n) is 4.76. The molecule has 1 saturated heterocycles. The van der Waals surface area contributed by atoms with E-state index in [1.807, 2.05) is 24.3 Å². The molecule has 5 nitrogen and oxygen atoms in total. The summed E-state index contributed by atoms with van der Waals surface area (Å²) < 4.78 is 5.00. The Hall–Kier alpha value is -2.53. The Morgan fingerprint density at radius 2 is 1.92 bits per heavy atom. The molecule has 1 heterocycles. The molecule has 26 heavy (non-hydrogen) atoms. The number of carbonyl (C=O) groups excluding carboxylic acids is 2. The number of amides is 2. The fourth-order valence-corrected chi connectivity index (χ4v) is 3.32. The normalized spacial score (nSPS) is 20.2. The van der Waals surface area contributed by atoms with Crippen molar-refractivity contribution in [3.05, 3.63) is 70.2 Å². The van der Waals surface area contributed by atoms with Crippen LogP contribution in [0.3, 0.4) is 0 Å². The smallest absolute Gasteiger partial charge is 0.408 e. The summed E-state index contributed by atoms with van der Waals surface area (Å²) in [5.74, 6) is 0.302. The van der Waals surface area contributed by atoms with E-state index in [4.69, 9.17) is 16.3 Å². The van der Waals surface area contributed by atoms with Crippen LogP contribution in [0, 0.1) is 0 Å². The van der Waals surface area contributed by atoms with Gasteiger partial charge in [0, 0.05) is 5.02 Å². The van der Waals surface area contributed by atoms with Crippen LogP contribution >= 0.6 is 11.6 Å². The number of ether oxygens (including phenoxy) is 1. The number of hydrogen-bond donors (Lipinski definition) is 2. The van der Waals surface area contributed by atoms with Crippen LogP contribution in [0.2, 0.25) is 5.02 Å². The van der Waals surface area contributed by atoms with Gasteiger partial charge in [-0.25, -0.2) is 4.79 Å². The number of alkyl carbamates (subject to hydrolysis) is 1. The number of carbonyl (C=O) groups is 2. The first-order chi connectivity index (χ1) is 12.6. The molecule has 4 rings (SSSR count). The Labute approximate surface area is 156 Å². The molecule has 2 amide bonds. The molecular weight excluding hydrogens is 352 g/mol. The first kappa shape index (κ1) is 16.9. The van der Waals surface area contributed by atoms with Crippen LogP contribution in [0.1, 0.15) is 41.5 Å². The fraction of sp³-hybridized carbons (Fsp3) is 0.300. The molecule has 2 atom stereocenters. The largest absolute Gasteiger partial charge is 0.434 e. The van der Waals surface area contributed by atoms with Crippen molar-refractivity contribution in [1.82, 2.24) is 10.6 Å². The zero-order chi connectivity index (χ0) is 18.1. The summed E-state index contributed by atoms with van der Waals surface area (Å²) in [7, 11) is 0. The van der Waals surface area contributed by atoms with Crippen LogP contribution in [0.5, 0.6) is 0 Å².